The van der Waals surface area contributed by atoms with Gasteiger partial charge in [0.1, 0.15) is 5.15 Å². The highest BCUT2D eigenvalue weighted by atomic mass is 35.5. The van der Waals surface area contributed by atoms with Crippen molar-refractivity contribution in [2.45, 2.75) is 12.3 Å². The largest absolute Gasteiger partial charge is 0.573 e. The lowest BCUT2D eigenvalue weighted by atomic mass is 9.92. The summed E-state index contributed by atoms with van der Waals surface area (Å²) in [5.41, 5.74) is 0.0536. The van der Waals surface area contributed by atoms with Crippen molar-refractivity contribution < 1.29 is 27.1 Å². The van der Waals surface area contributed by atoms with Crippen LogP contribution in [0.3, 0.4) is 0 Å². The van der Waals surface area contributed by atoms with Gasteiger partial charge in [-0.1, -0.05) is 29.9 Å². The van der Waals surface area contributed by atoms with E-state index in [0.717, 1.165) is 18.2 Å². The number of halogens is 5. The van der Waals surface area contributed by atoms with Crippen LogP contribution in [0.1, 0.15) is 11.6 Å². The number of amides is 1. The van der Waals surface area contributed by atoms with E-state index >= 15 is 0 Å². The fraction of sp³-hybridized carbons (Fsp3) is 0.353. The van der Waals surface area contributed by atoms with Crippen LogP contribution >= 0.6 is 23.8 Å². The molecule has 12 heteroatoms. The first-order valence-electron chi connectivity index (χ1n) is 8.27. The third-order valence-electron chi connectivity index (χ3n) is 4.46. The van der Waals surface area contributed by atoms with E-state index < -0.39 is 41.4 Å². The zero-order valence-electron chi connectivity index (χ0n) is 15.1. The van der Waals surface area contributed by atoms with Gasteiger partial charge in [0.15, 0.2) is 11.6 Å². The zero-order chi connectivity index (χ0) is 21.5. The number of likely N-dealkylation sites (N-methyl/N-ethyl adjacent to an activating group) is 1. The van der Waals surface area contributed by atoms with Gasteiger partial charge in [0.05, 0.1) is 22.3 Å². The second kappa shape index (κ2) is 7.79. The minimum atomic E-state index is -5.13. The molecule has 1 fully saturated rings. The van der Waals surface area contributed by atoms with Crippen molar-refractivity contribution in [3.8, 4) is 5.75 Å². The summed E-state index contributed by atoms with van der Waals surface area (Å²) in [5.74, 6) is -4.49. The number of carbonyl (C=O) groups is 1. The lowest BCUT2D eigenvalue weighted by Crippen LogP contribution is -2.32. The van der Waals surface area contributed by atoms with Gasteiger partial charge in [-0.25, -0.2) is 4.39 Å². The van der Waals surface area contributed by atoms with E-state index in [4.69, 9.17) is 23.8 Å². The topological polar surface area (TPSA) is 59.4 Å². The van der Waals surface area contributed by atoms with Gasteiger partial charge in [-0.15, -0.1) is 13.2 Å². The van der Waals surface area contributed by atoms with E-state index in [1.54, 1.807) is 25.1 Å². The lowest BCUT2D eigenvalue weighted by molar-refractivity contribution is -0.275. The van der Waals surface area contributed by atoms with Gasteiger partial charge in [-0.2, -0.15) is 5.10 Å². The minimum Gasteiger partial charge on any atom is -0.400 e. The van der Waals surface area contributed by atoms with E-state index in [1.165, 1.54) is 4.68 Å². The van der Waals surface area contributed by atoms with E-state index in [1.807, 2.05) is 0 Å². The van der Waals surface area contributed by atoms with Crippen LogP contribution in [0.4, 0.5) is 23.2 Å². The highest BCUT2D eigenvalue weighted by Gasteiger charge is 2.43. The molecule has 29 heavy (non-hydrogen) atoms. The average Bonchev–Trinajstić information content (AvgIpc) is 3.09. The highest BCUT2D eigenvalue weighted by molar-refractivity contribution is 7.80. The molecule has 0 aliphatic carbocycles. The number of rotatable bonds is 4. The molecule has 3 rings (SSSR count). The maximum absolute atomic E-state index is 13.9. The number of anilines is 1. The summed E-state index contributed by atoms with van der Waals surface area (Å²) in [7, 11) is 3.32. The lowest BCUT2D eigenvalue weighted by Gasteiger charge is -2.19. The van der Waals surface area contributed by atoms with Crippen LogP contribution in [0.2, 0.25) is 5.15 Å². The second-order valence-corrected chi connectivity index (χ2v) is 7.28. The SMILES string of the molecule is CN1C[C@H](c2cc(Cl)n(C)n2)[C@@H](C(=O)Nc2cccc(F)c2OC(F)(F)F)C1=S. The van der Waals surface area contributed by atoms with Crippen molar-refractivity contribution in [1.29, 1.82) is 0 Å². The van der Waals surface area contributed by atoms with E-state index in [9.17, 15) is 22.4 Å². The van der Waals surface area contributed by atoms with E-state index in [2.05, 4.69) is 15.2 Å². The maximum Gasteiger partial charge on any atom is 0.573 e. The number of hydrogen-bond acceptors (Lipinski definition) is 4. The molecule has 2 atom stereocenters. The maximum atomic E-state index is 13.9. The monoisotopic (exact) mass is 450 g/mol. The molecule has 1 aromatic heterocycles. The number of likely N-dealkylation sites (tertiary alicyclic amines) is 1. The molecule has 1 aliphatic heterocycles. The second-order valence-electron chi connectivity index (χ2n) is 6.47. The van der Waals surface area contributed by atoms with Crippen molar-refractivity contribution >= 4 is 40.4 Å². The molecule has 1 amide bonds. The van der Waals surface area contributed by atoms with Crippen molar-refractivity contribution in [1.82, 2.24) is 14.7 Å². The van der Waals surface area contributed by atoms with Gasteiger partial charge in [0.2, 0.25) is 5.91 Å². The number of aryl methyl sites for hydroxylation is 1. The Bertz CT molecular complexity index is 946. The molecule has 156 valence electrons. The first kappa shape index (κ1) is 21.3. The molecule has 0 bridgehead atoms. The highest BCUT2D eigenvalue weighted by Crippen LogP contribution is 2.37. The molecule has 0 spiro atoms. The number of aromatic nitrogens is 2. The quantitative estimate of drug-likeness (QED) is 0.568. The Hall–Kier alpha value is -2.40. The van der Waals surface area contributed by atoms with Gasteiger partial charge in [0, 0.05) is 26.6 Å². The summed E-state index contributed by atoms with van der Waals surface area (Å²) in [6.07, 6.45) is -5.13. The van der Waals surface area contributed by atoms with Gasteiger partial charge < -0.3 is 15.0 Å². The fourth-order valence-corrected chi connectivity index (χ4v) is 3.64. The number of thiocarbonyl (C=S) groups is 1. The first-order chi connectivity index (χ1) is 13.5. The van der Waals surface area contributed by atoms with Crippen molar-refractivity contribution in [2.75, 3.05) is 18.9 Å². The molecule has 1 saturated heterocycles. The molecular weight excluding hydrogens is 436 g/mol. The summed E-state index contributed by atoms with van der Waals surface area (Å²) in [6.45, 7) is 0.360. The van der Waals surface area contributed by atoms with Gasteiger partial charge in [-0.3, -0.25) is 9.48 Å². The molecule has 0 radical (unpaired) electrons. The first-order valence-corrected chi connectivity index (χ1v) is 9.06. The van der Waals surface area contributed by atoms with Crippen LogP contribution in [0, 0.1) is 11.7 Å². The molecule has 1 aromatic carbocycles. The number of carbonyl (C=O) groups excluding carboxylic acids is 1. The van der Waals surface area contributed by atoms with Crippen LogP contribution in [-0.4, -0.2) is 45.5 Å². The molecule has 2 heterocycles. The number of nitrogens with one attached hydrogen (secondary N) is 1. The molecule has 2 aromatic rings. The normalized spacial score (nSPS) is 19.6. The molecular formula is C17H15ClF4N4O2S. The molecule has 0 unspecified atom stereocenters. The Labute approximate surface area is 173 Å². The summed E-state index contributed by atoms with van der Waals surface area (Å²) in [5, 5.41) is 6.92. The summed E-state index contributed by atoms with van der Waals surface area (Å²) < 4.78 is 56.9. The van der Waals surface area contributed by atoms with Crippen LogP contribution in [-0.2, 0) is 11.8 Å². The third-order valence-corrected chi connectivity index (χ3v) is 5.38. The predicted molar refractivity (Wildman–Crippen MR) is 101 cm³/mol. The standard InChI is InChI=1S/C17H15ClF4N4O2S/c1-25-7-8(11-6-12(18)26(2)24-11)13(16(25)29)15(27)23-10-5-3-4-9(19)14(10)28-17(20,21)22/h3-6,8,13H,7H2,1-2H3,(H,23,27)/t8-,13+/m1/s1. The fourth-order valence-electron chi connectivity index (χ4n) is 3.14. The smallest absolute Gasteiger partial charge is 0.400 e. The van der Waals surface area contributed by atoms with E-state index in [0.29, 0.717) is 17.4 Å². The number of ether oxygens (including phenoxy) is 1. The summed E-state index contributed by atoms with van der Waals surface area (Å²) >= 11 is 11.4. The van der Waals surface area contributed by atoms with Crippen LogP contribution in [0.5, 0.6) is 5.75 Å². The Balaban J connectivity index is 1.91. The Morgan fingerprint density at radius 2 is 2.07 bits per heavy atom. The van der Waals surface area contributed by atoms with E-state index in [-0.39, 0.29) is 4.99 Å². The van der Waals surface area contributed by atoms with Crippen molar-refractivity contribution in [3.63, 3.8) is 0 Å². The number of alkyl halides is 3. The Morgan fingerprint density at radius 1 is 1.38 bits per heavy atom. The minimum absolute atomic E-state index is 0.281. The Kier molecular flexibility index (Phi) is 5.72. The number of para-hydroxylation sites is 1. The van der Waals surface area contributed by atoms with Crippen molar-refractivity contribution in [2.24, 2.45) is 13.0 Å². The summed E-state index contributed by atoms with van der Waals surface area (Å²) in [4.78, 5) is 14.9. The predicted octanol–water partition coefficient (Wildman–Crippen LogP) is 3.72. The van der Waals surface area contributed by atoms with Gasteiger partial charge >= 0.3 is 6.36 Å². The molecule has 1 aliphatic rings. The van der Waals surface area contributed by atoms with Crippen LogP contribution in [0.25, 0.3) is 0 Å². The van der Waals surface area contributed by atoms with Crippen LogP contribution < -0.4 is 10.1 Å². The molecule has 1 N–H and O–H groups in total. The summed E-state index contributed by atoms with van der Waals surface area (Å²) in [6, 6.07) is 4.65. The van der Waals surface area contributed by atoms with Crippen molar-refractivity contribution in [3.05, 3.63) is 40.9 Å². The zero-order valence-corrected chi connectivity index (χ0v) is 16.7. The number of hydrogen-bond donors (Lipinski definition) is 1. The average molecular weight is 451 g/mol. The third kappa shape index (κ3) is 4.45. The van der Waals surface area contributed by atoms with Gasteiger partial charge in [0.25, 0.3) is 0 Å². The Morgan fingerprint density at radius 3 is 2.66 bits per heavy atom. The molecule has 6 nitrogen and oxygen atoms in total. The van der Waals surface area contributed by atoms with Gasteiger partial charge in [-0.05, 0) is 18.2 Å². The number of nitrogens with zero attached hydrogens (tertiary/aromatic N) is 3. The molecule has 0 saturated carbocycles. The van der Waals surface area contributed by atoms with Crippen LogP contribution in [0.15, 0.2) is 24.3 Å². The number of benzene rings is 1.